The predicted molar refractivity (Wildman–Crippen MR) is 122 cm³/mol. The number of benzene rings is 1. The number of halogens is 3. The summed E-state index contributed by atoms with van der Waals surface area (Å²) in [5.41, 5.74) is 2.16. The lowest BCUT2D eigenvalue weighted by Gasteiger charge is -2.29. The molecule has 2 aromatic rings. The molecule has 1 saturated heterocycles. The average molecular weight is 457 g/mol. The minimum Gasteiger partial charge on any atom is -0.354 e. The standard InChI is InChI=1S/C21H28Cl3N5/c1-20(2,3)16-7-5-15(6-8-16)17-26-18(21(22,23)24)28-19(27-17)25-13-14-9-11-29(4)12-10-14/h5-8,14H,9-13H2,1-4H3,(H,25,26,27,28). The minimum atomic E-state index is -1.72. The second-order valence-electron chi connectivity index (χ2n) is 8.76. The molecule has 0 spiro atoms. The third kappa shape index (κ3) is 6.17. The van der Waals surface area contributed by atoms with Gasteiger partial charge >= 0.3 is 0 Å². The Labute approximate surface area is 188 Å². The topological polar surface area (TPSA) is 53.9 Å². The SMILES string of the molecule is CN1CCC(CNc2nc(-c3ccc(C(C)(C)C)cc3)nc(C(Cl)(Cl)Cl)n2)CC1. The molecule has 0 bridgehead atoms. The molecule has 3 rings (SSSR count). The van der Waals surface area contributed by atoms with Crippen LogP contribution in [0.25, 0.3) is 11.4 Å². The number of likely N-dealkylation sites (tertiary alicyclic amines) is 1. The van der Waals surface area contributed by atoms with E-state index in [1.807, 2.05) is 12.1 Å². The van der Waals surface area contributed by atoms with Gasteiger partial charge in [0.1, 0.15) is 0 Å². The van der Waals surface area contributed by atoms with Crippen LogP contribution in [0.1, 0.15) is 45.0 Å². The third-order valence-electron chi connectivity index (χ3n) is 5.29. The molecule has 158 valence electrons. The van der Waals surface area contributed by atoms with Gasteiger partial charge in [-0.2, -0.15) is 9.97 Å². The van der Waals surface area contributed by atoms with Crippen molar-refractivity contribution < 1.29 is 0 Å². The van der Waals surface area contributed by atoms with Crippen LogP contribution in [-0.4, -0.2) is 46.5 Å². The lowest BCUT2D eigenvalue weighted by molar-refractivity contribution is 0.226. The maximum absolute atomic E-state index is 6.08. The first-order valence-electron chi connectivity index (χ1n) is 9.89. The summed E-state index contributed by atoms with van der Waals surface area (Å²) in [6, 6.07) is 8.16. The van der Waals surface area contributed by atoms with E-state index in [0.29, 0.717) is 17.7 Å². The van der Waals surface area contributed by atoms with Crippen molar-refractivity contribution in [2.24, 2.45) is 5.92 Å². The smallest absolute Gasteiger partial charge is 0.250 e. The van der Waals surface area contributed by atoms with Gasteiger partial charge in [-0.1, -0.05) is 79.8 Å². The van der Waals surface area contributed by atoms with Gasteiger partial charge in [0.05, 0.1) is 0 Å². The van der Waals surface area contributed by atoms with Crippen molar-refractivity contribution in [3.05, 3.63) is 35.7 Å². The summed E-state index contributed by atoms with van der Waals surface area (Å²) in [6.45, 7) is 9.53. The van der Waals surface area contributed by atoms with E-state index in [0.717, 1.165) is 38.0 Å². The quantitative estimate of drug-likeness (QED) is 0.623. The first-order valence-corrected chi connectivity index (χ1v) is 11.0. The minimum absolute atomic E-state index is 0.0706. The zero-order valence-electron chi connectivity index (χ0n) is 17.3. The van der Waals surface area contributed by atoms with Gasteiger partial charge in [-0.05, 0) is 49.9 Å². The number of nitrogens with zero attached hydrogens (tertiary/aromatic N) is 4. The van der Waals surface area contributed by atoms with E-state index in [4.69, 9.17) is 34.8 Å². The first-order chi connectivity index (χ1) is 13.5. The maximum Gasteiger partial charge on any atom is 0.250 e. The van der Waals surface area contributed by atoms with Crippen molar-refractivity contribution >= 4 is 40.8 Å². The van der Waals surface area contributed by atoms with Crippen molar-refractivity contribution in [3.63, 3.8) is 0 Å². The number of hydrogen-bond acceptors (Lipinski definition) is 5. The summed E-state index contributed by atoms with van der Waals surface area (Å²) < 4.78 is -1.72. The molecule has 0 radical (unpaired) electrons. The highest BCUT2D eigenvalue weighted by Gasteiger charge is 2.29. The lowest BCUT2D eigenvalue weighted by Crippen LogP contribution is -2.33. The number of rotatable bonds is 4. The molecule has 1 fully saturated rings. The van der Waals surface area contributed by atoms with Gasteiger partial charge in [-0.15, -0.1) is 0 Å². The monoisotopic (exact) mass is 455 g/mol. The molecule has 0 amide bonds. The summed E-state index contributed by atoms with van der Waals surface area (Å²) in [6.07, 6.45) is 2.29. The van der Waals surface area contributed by atoms with Crippen LogP contribution >= 0.6 is 34.8 Å². The highest BCUT2D eigenvalue weighted by atomic mass is 35.6. The third-order valence-corrected chi connectivity index (χ3v) is 5.79. The highest BCUT2D eigenvalue weighted by molar-refractivity contribution is 6.66. The fraction of sp³-hybridized carbons (Fsp3) is 0.571. The van der Waals surface area contributed by atoms with Gasteiger partial charge in [0.2, 0.25) is 9.74 Å². The van der Waals surface area contributed by atoms with Crippen molar-refractivity contribution in [1.82, 2.24) is 19.9 Å². The molecule has 5 nitrogen and oxygen atoms in total. The number of hydrogen-bond donors (Lipinski definition) is 1. The molecular weight excluding hydrogens is 429 g/mol. The molecule has 0 atom stereocenters. The zero-order valence-corrected chi connectivity index (χ0v) is 19.6. The Morgan fingerprint density at radius 2 is 1.62 bits per heavy atom. The van der Waals surface area contributed by atoms with Gasteiger partial charge in [-0.3, -0.25) is 0 Å². The van der Waals surface area contributed by atoms with E-state index in [9.17, 15) is 0 Å². The summed E-state index contributed by atoms with van der Waals surface area (Å²) in [5.74, 6) is 1.63. The Bertz CT molecular complexity index is 820. The Hall–Kier alpha value is -1.14. The van der Waals surface area contributed by atoms with E-state index >= 15 is 0 Å². The molecule has 1 aromatic heterocycles. The number of piperidine rings is 1. The summed E-state index contributed by atoms with van der Waals surface area (Å²) in [7, 11) is 2.15. The predicted octanol–water partition coefficient (Wildman–Crippen LogP) is 5.42. The van der Waals surface area contributed by atoms with Crippen LogP contribution in [-0.2, 0) is 9.21 Å². The normalized spacial score (nSPS) is 16.8. The van der Waals surface area contributed by atoms with E-state index in [1.54, 1.807) is 0 Å². The summed E-state index contributed by atoms with van der Waals surface area (Å²) in [4.78, 5) is 15.7. The highest BCUT2D eigenvalue weighted by Crippen LogP contribution is 2.37. The Morgan fingerprint density at radius 3 is 2.17 bits per heavy atom. The molecule has 1 aliphatic heterocycles. The van der Waals surface area contributed by atoms with Crippen LogP contribution in [0.2, 0.25) is 0 Å². The first kappa shape index (κ1) is 22.5. The van der Waals surface area contributed by atoms with Crippen molar-refractivity contribution in [1.29, 1.82) is 0 Å². The van der Waals surface area contributed by atoms with E-state index in [2.05, 4.69) is 65.1 Å². The van der Waals surface area contributed by atoms with Crippen LogP contribution in [0.5, 0.6) is 0 Å². The van der Waals surface area contributed by atoms with Crippen LogP contribution < -0.4 is 5.32 Å². The van der Waals surface area contributed by atoms with Crippen LogP contribution in [0, 0.1) is 5.92 Å². The second kappa shape index (κ2) is 8.93. The fourth-order valence-corrected chi connectivity index (χ4v) is 3.59. The second-order valence-corrected chi connectivity index (χ2v) is 11.0. The molecule has 8 heteroatoms. The number of nitrogens with one attached hydrogen (secondary N) is 1. The molecule has 2 heterocycles. The maximum atomic E-state index is 6.08. The molecule has 1 N–H and O–H groups in total. The van der Waals surface area contributed by atoms with Gasteiger partial charge in [0.25, 0.3) is 0 Å². The lowest BCUT2D eigenvalue weighted by atomic mass is 9.87. The Kier molecular flexibility index (Phi) is 6.94. The summed E-state index contributed by atoms with van der Waals surface area (Å²) >= 11 is 18.3. The number of alkyl halides is 3. The molecule has 1 aliphatic rings. The van der Waals surface area contributed by atoms with Gasteiger partial charge in [0, 0.05) is 12.1 Å². The van der Waals surface area contributed by atoms with Crippen LogP contribution in [0.4, 0.5) is 5.95 Å². The van der Waals surface area contributed by atoms with Crippen molar-refractivity contribution in [2.45, 2.75) is 42.8 Å². The molecule has 1 aromatic carbocycles. The van der Waals surface area contributed by atoms with Crippen molar-refractivity contribution in [2.75, 3.05) is 32.0 Å². The van der Waals surface area contributed by atoms with Crippen molar-refractivity contribution in [3.8, 4) is 11.4 Å². The molecule has 0 aliphatic carbocycles. The molecule has 0 saturated carbocycles. The Morgan fingerprint density at radius 1 is 1.00 bits per heavy atom. The molecule has 29 heavy (non-hydrogen) atoms. The van der Waals surface area contributed by atoms with E-state index in [-0.39, 0.29) is 11.2 Å². The number of anilines is 1. The van der Waals surface area contributed by atoms with E-state index in [1.165, 1.54) is 5.56 Å². The van der Waals surface area contributed by atoms with E-state index < -0.39 is 3.79 Å². The zero-order chi connectivity index (χ0) is 21.2. The average Bonchev–Trinajstić information content (AvgIpc) is 2.66. The summed E-state index contributed by atoms with van der Waals surface area (Å²) in [5, 5.41) is 3.33. The fourth-order valence-electron chi connectivity index (χ4n) is 3.33. The van der Waals surface area contributed by atoms with Gasteiger partial charge in [0.15, 0.2) is 11.6 Å². The molecular formula is C21H28Cl3N5. The largest absolute Gasteiger partial charge is 0.354 e. The molecule has 0 unspecified atom stereocenters. The van der Waals surface area contributed by atoms with Gasteiger partial charge in [-0.25, -0.2) is 4.98 Å². The number of aromatic nitrogens is 3. The van der Waals surface area contributed by atoms with Crippen LogP contribution in [0.15, 0.2) is 24.3 Å². The Balaban J connectivity index is 1.84. The van der Waals surface area contributed by atoms with Gasteiger partial charge < -0.3 is 10.2 Å². The van der Waals surface area contributed by atoms with Crippen LogP contribution in [0.3, 0.4) is 0 Å².